The maximum Gasteiger partial charge on any atom is 0.335 e. The SMILES string of the molecule is CC(C)(C)[Si](C)(C)OC1C(F)COC1C(=O)O. The smallest absolute Gasteiger partial charge is 0.335 e. The second-order valence-corrected chi connectivity index (χ2v) is 10.7. The minimum atomic E-state index is -2.18. The van der Waals surface area contributed by atoms with Crippen LogP contribution in [0.25, 0.3) is 0 Å². The lowest BCUT2D eigenvalue weighted by molar-refractivity contribution is -0.150. The van der Waals surface area contributed by atoms with Gasteiger partial charge in [-0.3, -0.25) is 0 Å². The van der Waals surface area contributed by atoms with Gasteiger partial charge in [0, 0.05) is 0 Å². The molecule has 0 aliphatic carbocycles. The van der Waals surface area contributed by atoms with Gasteiger partial charge in [-0.15, -0.1) is 0 Å². The van der Waals surface area contributed by atoms with Gasteiger partial charge in [0.2, 0.25) is 0 Å². The summed E-state index contributed by atoms with van der Waals surface area (Å²) in [5.74, 6) is -1.16. The van der Waals surface area contributed by atoms with Crippen LogP contribution in [-0.2, 0) is 14.0 Å². The minimum absolute atomic E-state index is 0.0850. The Hall–Kier alpha value is -0.463. The van der Waals surface area contributed by atoms with Crippen LogP contribution in [0.5, 0.6) is 0 Å². The third kappa shape index (κ3) is 3.05. The fraction of sp³-hybridized carbons (Fsp3) is 0.909. The highest BCUT2D eigenvalue weighted by Gasteiger charge is 2.48. The second-order valence-electron chi connectivity index (χ2n) is 5.95. The Morgan fingerprint density at radius 1 is 1.47 bits per heavy atom. The number of ether oxygens (including phenoxy) is 1. The molecule has 1 aliphatic rings. The molecule has 0 bridgehead atoms. The van der Waals surface area contributed by atoms with E-state index in [1.54, 1.807) is 0 Å². The number of carboxylic acids is 1. The van der Waals surface area contributed by atoms with Gasteiger partial charge in [-0.05, 0) is 18.1 Å². The van der Waals surface area contributed by atoms with E-state index in [2.05, 4.69) is 0 Å². The fourth-order valence-corrected chi connectivity index (χ4v) is 2.74. The molecule has 0 aromatic heterocycles. The molecule has 0 amide bonds. The van der Waals surface area contributed by atoms with Crippen LogP contribution in [0.3, 0.4) is 0 Å². The molecule has 6 heteroatoms. The molecular weight excluding hydrogens is 243 g/mol. The largest absolute Gasteiger partial charge is 0.479 e. The maximum atomic E-state index is 13.6. The molecule has 1 fully saturated rings. The van der Waals surface area contributed by atoms with Crippen LogP contribution in [0.15, 0.2) is 0 Å². The summed E-state index contributed by atoms with van der Waals surface area (Å²) in [5, 5.41) is 8.86. The van der Waals surface area contributed by atoms with Crippen molar-refractivity contribution in [1.82, 2.24) is 0 Å². The van der Waals surface area contributed by atoms with Crippen LogP contribution in [0, 0.1) is 0 Å². The predicted molar refractivity (Wildman–Crippen MR) is 64.3 cm³/mol. The van der Waals surface area contributed by atoms with Gasteiger partial charge in [-0.1, -0.05) is 20.8 Å². The Kier molecular flexibility index (Phi) is 4.00. The van der Waals surface area contributed by atoms with Crippen LogP contribution >= 0.6 is 0 Å². The van der Waals surface area contributed by atoms with E-state index >= 15 is 0 Å². The van der Waals surface area contributed by atoms with E-state index < -0.39 is 32.7 Å². The van der Waals surface area contributed by atoms with Crippen molar-refractivity contribution in [2.45, 2.75) is 57.3 Å². The lowest BCUT2D eigenvalue weighted by Gasteiger charge is -2.39. The molecule has 100 valence electrons. The number of hydrogen-bond acceptors (Lipinski definition) is 3. The number of hydrogen-bond donors (Lipinski definition) is 1. The van der Waals surface area contributed by atoms with Gasteiger partial charge in [0.05, 0.1) is 6.61 Å². The minimum Gasteiger partial charge on any atom is -0.479 e. The highest BCUT2D eigenvalue weighted by Crippen LogP contribution is 2.39. The summed E-state index contributed by atoms with van der Waals surface area (Å²) in [7, 11) is -2.18. The molecule has 4 nitrogen and oxygen atoms in total. The summed E-state index contributed by atoms with van der Waals surface area (Å²) in [6.45, 7) is 9.82. The molecule has 1 aliphatic heterocycles. The van der Waals surface area contributed by atoms with E-state index in [-0.39, 0.29) is 11.6 Å². The standard InChI is InChI=1S/C11H21FO4Si/c1-11(2,3)17(4,5)16-8-7(12)6-15-9(8)10(13)14/h7-9H,6H2,1-5H3,(H,13,14). The topological polar surface area (TPSA) is 55.8 Å². The first-order valence-corrected chi connectivity index (χ1v) is 8.63. The second kappa shape index (κ2) is 4.66. The van der Waals surface area contributed by atoms with Gasteiger partial charge in [-0.25, -0.2) is 9.18 Å². The molecule has 1 heterocycles. The van der Waals surface area contributed by atoms with Gasteiger partial charge in [0.15, 0.2) is 20.6 Å². The fourth-order valence-electron chi connectivity index (χ4n) is 1.44. The number of rotatable bonds is 3. The van der Waals surface area contributed by atoms with Gasteiger partial charge >= 0.3 is 5.97 Å². The summed E-state index contributed by atoms with van der Waals surface area (Å²) in [6, 6.07) is 0. The quantitative estimate of drug-likeness (QED) is 0.794. The summed E-state index contributed by atoms with van der Waals surface area (Å²) in [6.07, 6.45) is -3.52. The van der Waals surface area contributed by atoms with E-state index in [4.69, 9.17) is 14.3 Å². The summed E-state index contributed by atoms with van der Waals surface area (Å²) in [4.78, 5) is 10.9. The van der Waals surface area contributed by atoms with Crippen molar-refractivity contribution in [1.29, 1.82) is 0 Å². The zero-order valence-electron chi connectivity index (χ0n) is 11.0. The van der Waals surface area contributed by atoms with Gasteiger partial charge in [-0.2, -0.15) is 0 Å². The van der Waals surface area contributed by atoms with Crippen molar-refractivity contribution in [3.8, 4) is 0 Å². The van der Waals surface area contributed by atoms with Crippen molar-refractivity contribution in [2.75, 3.05) is 6.61 Å². The van der Waals surface area contributed by atoms with Gasteiger partial charge in [0.1, 0.15) is 6.10 Å². The first kappa shape index (κ1) is 14.6. The first-order valence-electron chi connectivity index (χ1n) is 5.72. The van der Waals surface area contributed by atoms with Crippen LogP contribution < -0.4 is 0 Å². The summed E-state index contributed by atoms with van der Waals surface area (Å²) < 4.78 is 24.4. The number of halogens is 1. The molecule has 3 atom stereocenters. The lowest BCUT2D eigenvalue weighted by Crippen LogP contribution is -2.49. The van der Waals surface area contributed by atoms with Crippen LogP contribution in [0.2, 0.25) is 18.1 Å². The van der Waals surface area contributed by atoms with Crippen LogP contribution in [-0.4, -0.2) is 44.4 Å². The third-order valence-corrected chi connectivity index (χ3v) is 8.04. The van der Waals surface area contributed by atoms with Crippen LogP contribution in [0.4, 0.5) is 4.39 Å². The average molecular weight is 264 g/mol. The monoisotopic (exact) mass is 264 g/mol. The molecule has 0 spiro atoms. The molecule has 3 unspecified atom stereocenters. The summed E-state index contributed by atoms with van der Waals surface area (Å²) >= 11 is 0. The van der Waals surface area contributed by atoms with Gasteiger partial charge in [0.25, 0.3) is 0 Å². The molecule has 0 radical (unpaired) electrons. The van der Waals surface area contributed by atoms with E-state index in [9.17, 15) is 9.18 Å². The lowest BCUT2D eigenvalue weighted by atomic mass is 10.2. The molecule has 1 saturated heterocycles. The molecule has 0 saturated carbocycles. The zero-order valence-corrected chi connectivity index (χ0v) is 12.0. The zero-order chi connectivity index (χ0) is 13.4. The van der Waals surface area contributed by atoms with E-state index in [1.165, 1.54) is 0 Å². The van der Waals surface area contributed by atoms with E-state index in [0.29, 0.717) is 0 Å². The molecule has 17 heavy (non-hydrogen) atoms. The molecule has 0 aromatic rings. The Bertz CT molecular complexity index is 300. The van der Waals surface area contributed by atoms with Crippen molar-refractivity contribution < 1.29 is 23.5 Å². The average Bonchev–Trinajstić information content (AvgIpc) is 2.45. The first-order chi connectivity index (χ1) is 7.56. The van der Waals surface area contributed by atoms with E-state index in [1.807, 2.05) is 33.9 Å². The number of carboxylic acid groups (broad SMARTS) is 1. The van der Waals surface area contributed by atoms with Gasteiger partial charge < -0.3 is 14.3 Å². The van der Waals surface area contributed by atoms with Crippen LogP contribution in [0.1, 0.15) is 20.8 Å². The third-order valence-electron chi connectivity index (χ3n) is 3.57. The van der Waals surface area contributed by atoms with Crippen molar-refractivity contribution in [3.05, 3.63) is 0 Å². The Morgan fingerprint density at radius 3 is 2.41 bits per heavy atom. The Labute approximate surface area is 102 Å². The number of aliphatic carboxylic acids is 1. The molecule has 1 rings (SSSR count). The molecule has 1 N–H and O–H groups in total. The Balaban J connectivity index is 2.82. The Morgan fingerprint density at radius 2 is 2.00 bits per heavy atom. The van der Waals surface area contributed by atoms with E-state index in [0.717, 1.165) is 0 Å². The normalized spacial score (nSPS) is 30.6. The highest BCUT2D eigenvalue weighted by atomic mass is 28.4. The van der Waals surface area contributed by atoms with Crippen molar-refractivity contribution >= 4 is 14.3 Å². The summed E-state index contributed by atoms with van der Waals surface area (Å²) in [5.41, 5.74) is 0. The molecule has 0 aromatic carbocycles. The highest BCUT2D eigenvalue weighted by molar-refractivity contribution is 6.74. The molecular formula is C11H21FO4Si. The predicted octanol–water partition coefficient (Wildman–Crippen LogP) is 2.20. The number of carbonyl (C=O) groups is 1. The number of alkyl halides is 1. The van der Waals surface area contributed by atoms with Crippen molar-refractivity contribution in [3.63, 3.8) is 0 Å². The van der Waals surface area contributed by atoms with Crippen molar-refractivity contribution in [2.24, 2.45) is 0 Å². The maximum absolute atomic E-state index is 13.6.